The third-order valence-corrected chi connectivity index (χ3v) is 3.68. The Kier molecular flexibility index (Phi) is 3.64. The molecule has 0 saturated heterocycles. The molecule has 100 valence electrons. The summed E-state index contributed by atoms with van der Waals surface area (Å²) in [5.41, 5.74) is 2.79. The summed E-state index contributed by atoms with van der Waals surface area (Å²) in [5, 5.41) is 10.4. The lowest BCUT2D eigenvalue weighted by molar-refractivity contribution is -0.0720. The molecule has 1 N–H and O–H groups in total. The van der Waals surface area contributed by atoms with Crippen LogP contribution in [0.1, 0.15) is 43.4 Å². The third-order valence-electron chi connectivity index (χ3n) is 3.68. The molecule has 1 aliphatic carbocycles. The number of rotatable bonds is 5. The predicted molar refractivity (Wildman–Crippen MR) is 71.1 cm³/mol. The van der Waals surface area contributed by atoms with Gasteiger partial charge in [0.25, 0.3) is 0 Å². The maximum atomic E-state index is 10.4. The number of ether oxygens (including phenoxy) is 2. The number of benzene rings is 1. The minimum absolute atomic E-state index is 0.319. The van der Waals surface area contributed by atoms with Gasteiger partial charge in [-0.1, -0.05) is 26.0 Å². The zero-order valence-electron chi connectivity index (χ0n) is 11.6. The first-order chi connectivity index (χ1) is 8.49. The van der Waals surface area contributed by atoms with Crippen molar-refractivity contribution in [3.8, 4) is 5.75 Å². The average Bonchev–Trinajstić information content (AvgIpc) is 2.27. The zero-order chi connectivity index (χ0) is 13.3. The van der Waals surface area contributed by atoms with Crippen molar-refractivity contribution in [2.24, 2.45) is 0 Å². The topological polar surface area (TPSA) is 38.7 Å². The Hall–Kier alpha value is -1.06. The SMILES string of the molecule is COCCOC1(C)Cc2ccc(C(C)C)c(O)c21. The van der Waals surface area contributed by atoms with Crippen molar-refractivity contribution >= 4 is 0 Å². The smallest absolute Gasteiger partial charge is 0.125 e. The summed E-state index contributed by atoms with van der Waals surface area (Å²) >= 11 is 0. The lowest BCUT2D eigenvalue weighted by Gasteiger charge is -2.42. The second kappa shape index (κ2) is 4.90. The van der Waals surface area contributed by atoms with Gasteiger partial charge >= 0.3 is 0 Å². The molecule has 1 aliphatic rings. The number of fused-ring (bicyclic) bond motifs is 1. The van der Waals surface area contributed by atoms with E-state index in [-0.39, 0.29) is 5.60 Å². The van der Waals surface area contributed by atoms with Crippen LogP contribution in [0.25, 0.3) is 0 Å². The summed E-state index contributed by atoms with van der Waals surface area (Å²) in [4.78, 5) is 0. The van der Waals surface area contributed by atoms with Crippen LogP contribution >= 0.6 is 0 Å². The van der Waals surface area contributed by atoms with Crippen molar-refractivity contribution in [2.75, 3.05) is 20.3 Å². The number of phenols is 1. The van der Waals surface area contributed by atoms with Gasteiger partial charge in [-0.05, 0) is 24.0 Å². The molecular weight excluding hydrogens is 228 g/mol. The monoisotopic (exact) mass is 250 g/mol. The Balaban J connectivity index is 2.24. The van der Waals surface area contributed by atoms with Crippen molar-refractivity contribution in [2.45, 2.75) is 38.7 Å². The first-order valence-electron chi connectivity index (χ1n) is 6.47. The molecule has 3 heteroatoms. The van der Waals surface area contributed by atoms with Crippen LogP contribution in [0.15, 0.2) is 12.1 Å². The summed E-state index contributed by atoms with van der Waals surface area (Å²) in [6, 6.07) is 4.12. The van der Waals surface area contributed by atoms with Crippen LogP contribution in [-0.2, 0) is 21.5 Å². The molecule has 0 radical (unpaired) electrons. The van der Waals surface area contributed by atoms with Gasteiger partial charge in [0.1, 0.15) is 5.75 Å². The molecule has 0 bridgehead atoms. The molecule has 1 aromatic rings. The molecule has 0 amide bonds. The maximum Gasteiger partial charge on any atom is 0.125 e. The molecule has 1 aromatic carbocycles. The van der Waals surface area contributed by atoms with E-state index in [1.54, 1.807) is 7.11 Å². The normalized spacial score (nSPS) is 21.8. The minimum atomic E-state index is -0.358. The summed E-state index contributed by atoms with van der Waals surface area (Å²) in [6.45, 7) is 7.34. The van der Waals surface area contributed by atoms with E-state index in [1.165, 1.54) is 5.56 Å². The minimum Gasteiger partial charge on any atom is -0.507 e. The Labute approximate surface area is 109 Å². The maximum absolute atomic E-state index is 10.4. The van der Waals surface area contributed by atoms with E-state index in [4.69, 9.17) is 9.47 Å². The summed E-state index contributed by atoms with van der Waals surface area (Å²) in [6.07, 6.45) is 0.859. The molecule has 18 heavy (non-hydrogen) atoms. The quantitative estimate of drug-likeness (QED) is 0.817. The van der Waals surface area contributed by atoms with Crippen LogP contribution in [-0.4, -0.2) is 25.4 Å². The molecule has 2 rings (SSSR count). The van der Waals surface area contributed by atoms with Gasteiger partial charge in [-0.3, -0.25) is 0 Å². The van der Waals surface area contributed by atoms with E-state index in [0.717, 1.165) is 17.5 Å². The van der Waals surface area contributed by atoms with E-state index < -0.39 is 0 Å². The molecule has 0 aromatic heterocycles. The van der Waals surface area contributed by atoms with Crippen LogP contribution in [0.5, 0.6) is 5.75 Å². The van der Waals surface area contributed by atoms with Gasteiger partial charge in [-0.2, -0.15) is 0 Å². The fourth-order valence-corrected chi connectivity index (χ4v) is 2.67. The van der Waals surface area contributed by atoms with Gasteiger partial charge in [0.05, 0.1) is 18.8 Å². The molecule has 0 aliphatic heterocycles. The first kappa shape index (κ1) is 13.4. The zero-order valence-corrected chi connectivity index (χ0v) is 11.6. The summed E-state index contributed by atoms with van der Waals surface area (Å²) in [5.74, 6) is 0.729. The first-order valence-corrected chi connectivity index (χ1v) is 6.47. The Morgan fingerprint density at radius 2 is 2.06 bits per heavy atom. The largest absolute Gasteiger partial charge is 0.507 e. The molecule has 0 spiro atoms. The Bertz CT molecular complexity index is 440. The van der Waals surface area contributed by atoms with Crippen molar-refractivity contribution < 1.29 is 14.6 Å². The van der Waals surface area contributed by atoms with E-state index in [1.807, 2.05) is 13.0 Å². The van der Waals surface area contributed by atoms with Crippen molar-refractivity contribution in [3.05, 3.63) is 28.8 Å². The van der Waals surface area contributed by atoms with Crippen LogP contribution in [0, 0.1) is 0 Å². The molecule has 1 atom stereocenters. The summed E-state index contributed by atoms with van der Waals surface area (Å²) < 4.78 is 10.9. The van der Waals surface area contributed by atoms with Gasteiger partial charge in [-0.25, -0.2) is 0 Å². The number of aromatic hydroxyl groups is 1. The fraction of sp³-hybridized carbons (Fsp3) is 0.600. The Morgan fingerprint density at radius 3 is 2.67 bits per heavy atom. The van der Waals surface area contributed by atoms with Crippen LogP contribution in [0.3, 0.4) is 0 Å². The molecule has 3 nitrogen and oxygen atoms in total. The van der Waals surface area contributed by atoms with E-state index in [2.05, 4.69) is 19.9 Å². The van der Waals surface area contributed by atoms with Crippen LogP contribution in [0.4, 0.5) is 0 Å². The summed E-state index contributed by atoms with van der Waals surface area (Å²) in [7, 11) is 1.66. The highest BCUT2D eigenvalue weighted by atomic mass is 16.5. The molecule has 0 fully saturated rings. The average molecular weight is 250 g/mol. The van der Waals surface area contributed by atoms with Gasteiger partial charge < -0.3 is 14.6 Å². The lowest BCUT2D eigenvalue weighted by atomic mass is 9.72. The van der Waals surface area contributed by atoms with E-state index >= 15 is 0 Å². The van der Waals surface area contributed by atoms with E-state index in [0.29, 0.717) is 24.9 Å². The highest BCUT2D eigenvalue weighted by Crippen LogP contribution is 2.49. The van der Waals surface area contributed by atoms with Crippen molar-refractivity contribution in [1.29, 1.82) is 0 Å². The molecule has 0 saturated carbocycles. The fourth-order valence-electron chi connectivity index (χ4n) is 2.67. The lowest BCUT2D eigenvalue weighted by Crippen LogP contribution is -2.39. The molecule has 0 heterocycles. The van der Waals surface area contributed by atoms with Gasteiger partial charge in [-0.15, -0.1) is 0 Å². The molecule has 1 unspecified atom stereocenters. The van der Waals surface area contributed by atoms with Crippen LogP contribution < -0.4 is 0 Å². The second-order valence-electron chi connectivity index (χ2n) is 5.44. The highest BCUT2D eigenvalue weighted by molar-refractivity contribution is 5.55. The Morgan fingerprint density at radius 1 is 1.33 bits per heavy atom. The number of hydrogen-bond donors (Lipinski definition) is 1. The van der Waals surface area contributed by atoms with Crippen LogP contribution in [0.2, 0.25) is 0 Å². The second-order valence-corrected chi connectivity index (χ2v) is 5.44. The standard InChI is InChI=1S/C15H22O3/c1-10(2)12-6-5-11-9-15(3,13(11)14(12)16)18-8-7-17-4/h5-6,10,16H,7-9H2,1-4H3. The van der Waals surface area contributed by atoms with E-state index in [9.17, 15) is 5.11 Å². The van der Waals surface area contributed by atoms with Gasteiger partial charge in [0.15, 0.2) is 0 Å². The molecular formula is C15H22O3. The number of hydrogen-bond acceptors (Lipinski definition) is 3. The highest BCUT2D eigenvalue weighted by Gasteiger charge is 2.42. The third kappa shape index (κ3) is 2.13. The van der Waals surface area contributed by atoms with Crippen molar-refractivity contribution in [3.63, 3.8) is 0 Å². The van der Waals surface area contributed by atoms with Crippen molar-refractivity contribution in [1.82, 2.24) is 0 Å². The van der Waals surface area contributed by atoms with Gasteiger partial charge in [0, 0.05) is 19.1 Å². The van der Waals surface area contributed by atoms with Gasteiger partial charge in [0.2, 0.25) is 0 Å². The number of phenolic OH excluding ortho intramolecular Hbond substituents is 1. The predicted octanol–water partition coefficient (Wildman–Crippen LogP) is 2.95. The number of methoxy groups -OCH3 is 1.